The molecule has 3 N–H and O–H groups in total. The Morgan fingerprint density at radius 3 is 2.77 bits per heavy atom. The maximum absolute atomic E-state index is 12.2. The van der Waals surface area contributed by atoms with Gasteiger partial charge in [-0.2, -0.15) is 0 Å². The van der Waals surface area contributed by atoms with E-state index >= 15 is 0 Å². The van der Waals surface area contributed by atoms with E-state index in [1.165, 1.54) is 4.57 Å². The SMILES string of the molecule is CP(C)c1nc(N)c2[nH]c(=O)n(Cc3ccc(Cl)nc3)c2n1. The van der Waals surface area contributed by atoms with E-state index in [9.17, 15) is 4.79 Å². The Labute approximate surface area is 132 Å². The van der Waals surface area contributed by atoms with E-state index in [4.69, 9.17) is 17.3 Å². The number of hydrogen-bond donors (Lipinski definition) is 2. The summed E-state index contributed by atoms with van der Waals surface area (Å²) >= 11 is 5.78. The second-order valence-corrected chi connectivity index (χ2v) is 7.58. The van der Waals surface area contributed by atoms with Gasteiger partial charge >= 0.3 is 5.69 Å². The Kier molecular flexibility index (Phi) is 3.85. The number of nitrogens with one attached hydrogen (secondary N) is 1. The van der Waals surface area contributed by atoms with Crippen LogP contribution in [-0.4, -0.2) is 37.8 Å². The zero-order chi connectivity index (χ0) is 15.9. The highest BCUT2D eigenvalue weighted by molar-refractivity contribution is 7.63. The number of nitrogen functional groups attached to an aromatic ring is 1. The van der Waals surface area contributed by atoms with Crippen molar-refractivity contribution in [2.45, 2.75) is 6.54 Å². The molecule has 0 aliphatic heterocycles. The predicted molar refractivity (Wildman–Crippen MR) is 89.3 cm³/mol. The lowest BCUT2D eigenvalue weighted by molar-refractivity contribution is 0.775. The number of nitrogens with zero attached hydrogens (tertiary/aromatic N) is 4. The van der Waals surface area contributed by atoms with Crippen molar-refractivity contribution >= 4 is 42.1 Å². The molecular weight excluding hydrogens is 323 g/mol. The molecule has 0 unspecified atom stereocenters. The molecule has 0 saturated heterocycles. The molecule has 0 amide bonds. The fourth-order valence-electron chi connectivity index (χ4n) is 2.07. The van der Waals surface area contributed by atoms with Crippen LogP contribution in [0.5, 0.6) is 0 Å². The van der Waals surface area contributed by atoms with Gasteiger partial charge in [-0.05, 0) is 32.9 Å². The number of imidazole rings is 1. The van der Waals surface area contributed by atoms with Crippen molar-refractivity contribution in [3.05, 3.63) is 39.5 Å². The first kappa shape index (κ1) is 14.9. The minimum absolute atomic E-state index is 0.278. The fraction of sp³-hybridized carbons (Fsp3) is 0.231. The molecule has 0 atom stereocenters. The normalized spacial score (nSPS) is 11.5. The number of hydrogen-bond acceptors (Lipinski definition) is 5. The van der Waals surface area contributed by atoms with Crippen LogP contribution >= 0.6 is 19.5 Å². The van der Waals surface area contributed by atoms with Crippen LogP contribution in [0.1, 0.15) is 5.56 Å². The topological polar surface area (TPSA) is 102 Å². The van der Waals surface area contributed by atoms with Gasteiger partial charge in [-0.3, -0.25) is 4.57 Å². The Balaban J connectivity index is 2.14. The quantitative estimate of drug-likeness (QED) is 0.552. The molecule has 22 heavy (non-hydrogen) atoms. The second-order valence-electron chi connectivity index (χ2n) is 5.01. The third-order valence-corrected chi connectivity index (χ3v) is 4.39. The molecule has 7 nitrogen and oxygen atoms in total. The van der Waals surface area contributed by atoms with Crippen molar-refractivity contribution in [1.82, 2.24) is 24.5 Å². The summed E-state index contributed by atoms with van der Waals surface area (Å²) in [6, 6.07) is 3.50. The van der Waals surface area contributed by atoms with Crippen molar-refractivity contribution in [1.29, 1.82) is 0 Å². The molecule has 9 heteroatoms. The highest BCUT2D eigenvalue weighted by Gasteiger charge is 2.15. The summed E-state index contributed by atoms with van der Waals surface area (Å²) in [5.41, 5.74) is 8.15. The van der Waals surface area contributed by atoms with Gasteiger partial charge in [0.2, 0.25) is 0 Å². The summed E-state index contributed by atoms with van der Waals surface area (Å²) in [7, 11) is -0.513. The van der Waals surface area contributed by atoms with Crippen LogP contribution in [0.3, 0.4) is 0 Å². The number of aromatic nitrogens is 5. The molecular formula is C13H14ClN6OP. The van der Waals surface area contributed by atoms with Gasteiger partial charge in [0, 0.05) is 6.20 Å². The molecule has 0 radical (unpaired) electrons. The van der Waals surface area contributed by atoms with Crippen LogP contribution in [0, 0.1) is 0 Å². The number of fused-ring (bicyclic) bond motifs is 1. The number of pyridine rings is 1. The lowest BCUT2D eigenvalue weighted by Crippen LogP contribution is -2.19. The third-order valence-electron chi connectivity index (χ3n) is 3.17. The zero-order valence-corrected chi connectivity index (χ0v) is 13.7. The molecule has 0 aliphatic rings. The van der Waals surface area contributed by atoms with E-state index in [1.807, 2.05) is 19.4 Å². The first-order chi connectivity index (χ1) is 10.5. The van der Waals surface area contributed by atoms with Crippen LogP contribution < -0.4 is 17.0 Å². The van der Waals surface area contributed by atoms with Crippen LogP contribution in [0.2, 0.25) is 5.15 Å². The monoisotopic (exact) mass is 336 g/mol. The van der Waals surface area contributed by atoms with Crippen molar-refractivity contribution in [3.8, 4) is 0 Å². The molecule has 3 heterocycles. The first-order valence-corrected chi connectivity index (χ1v) is 9.11. The van der Waals surface area contributed by atoms with Gasteiger partial charge in [0.05, 0.1) is 6.54 Å². The third kappa shape index (κ3) is 2.69. The van der Waals surface area contributed by atoms with Gasteiger partial charge in [0.1, 0.15) is 10.7 Å². The number of H-pyrrole nitrogens is 1. The number of rotatable bonds is 3. The largest absolute Gasteiger partial charge is 0.382 e. The Morgan fingerprint density at radius 2 is 2.14 bits per heavy atom. The van der Waals surface area contributed by atoms with Crippen LogP contribution in [-0.2, 0) is 6.54 Å². The maximum Gasteiger partial charge on any atom is 0.328 e. The van der Waals surface area contributed by atoms with Crippen molar-refractivity contribution < 1.29 is 0 Å². The number of aromatic amines is 1. The van der Waals surface area contributed by atoms with Crippen molar-refractivity contribution in [2.75, 3.05) is 19.1 Å². The minimum atomic E-state index is -0.513. The molecule has 0 aliphatic carbocycles. The second kappa shape index (κ2) is 5.66. The number of anilines is 1. The highest BCUT2D eigenvalue weighted by atomic mass is 35.5. The number of halogens is 1. The van der Waals surface area contributed by atoms with E-state index in [-0.39, 0.29) is 5.69 Å². The molecule has 114 valence electrons. The van der Waals surface area contributed by atoms with E-state index in [0.29, 0.717) is 34.2 Å². The maximum atomic E-state index is 12.2. The van der Waals surface area contributed by atoms with Gasteiger partial charge in [0.15, 0.2) is 17.0 Å². The zero-order valence-electron chi connectivity index (χ0n) is 12.0. The molecule has 0 fully saturated rings. The van der Waals surface area contributed by atoms with Crippen LogP contribution in [0.4, 0.5) is 5.82 Å². The van der Waals surface area contributed by atoms with E-state index in [1.54, 1.807) is 12.3 Å². The standard InChI is InChI=1S/C13H14ClN6OP/c1-22(2)12-18-10(15)9-11(19-12)20(13(21)17-9)6-7-3-4-8(14)16-5-7/h3-5H,6H2,1-2H3,(H,17,21)(H2,15,18,19). The molecule has 3 aromatic heterocycles. The Hall–Kier alpha value is -1.98. The van der Waals surface area contributed by atoms with Crippen LogP contribution in [0.25, 0.3) is 11.2 Å². The summed E-state index contributed by atoms with van der Waals surface area (Å²) in [6.45, 7) is 4.41. The summed E-state index contributed by atoms with van der Waals surface area (Å²) < 4.78 is 1.53. The van der Waals surface area contributed by atoms with Crippen molar-refractivity contribution in [2.24, 2.45) is 0 Å². The highest BCUT2D eigenvalue weighted by Crippen LogP contribution is 2.23. The summed E-state index contributed by atoms with van der Waals surface area (Å²) in [6.07, 6.45) is 1.63. The molecule has 0 saturated carbocycles. The van der Waals surface area contributed by atoms with Gasteiger partial charge in [-0.1, -0.05) is 17.7 Å². The Bertz CT molecular complexity index is 886. The van der Waals surface area contributed by atoms with Crippen LogP contribution in [0.15, 0.2) is 23.1 Å². The minimum Gasteiger partial charge on any atom is -0.382 e. The van der Waals surface area contributed by atoms with E-state index < -0.39 is 7.92 Å². The molecule has 3 rings (SSSR count). The lowest BCUT2D eigenvalue weighted by Gasteiger charge is -2.07. The van der Waals surface area contributed by atoms with E-state index in [0.717, 1.165) is 5.56 Å². The molecule has 0 bridgehead atoms. The van der Waals surface area contributed by atoms with Gasteiger partial charge in [0.25, 0.3) is 0 Å². The van der Waals surface area contributed by atoms with Gasteiger partial charge < -0.3 is 10.7 Å². The number of nitrogens with two attached hydrogens (primary N) is 1. The van der Waals surface area contributed by atoms with Gasteiger partial charge in [-0.25, -0.2) is 19.7 Å². The summed E-state index contributed by atoms with van der Waals surface area (Å²) in [5, 5.41) is 0.409. The van der Waals surface area contributed by atoms with Crippen molar-refractivity contribution in [3.63, 3.8) is 0 Å². The average molecular weight is 337 g/mol. The summed E-state index contributed by atoms with van der Waals surface area (Å²) in [4.78, 5) is 27.7. The Morgan fingerprint density at radius 1 is 1.36 bits per heavy atom. The predicted octanol–water partition coefficient (Wildman–Crippen LogP) is 1.17. The summed E-state index contributed by atoms with van der Waals surface area (Å²) in [5.74, 6) is 0.293. The van der Waals surface area contributed by atoms with E-state index in [2.05, 4.69) is 19.9 Å². The molecule has 0 spiro atoms. The molecule has 0 aromatic carbocycles. The smallest absolute Gasteiger partial charge is 0.328 e. The first-order valence-electron chi connectivity index (χ1n) is 6.49. The molecule has 3 aromatic rings. The average Bonchev–Trinajstić information content (AvgIpc) is 2.78. The fourth-order valence-corrected chi connectivity index (χ4v) is 2.78. The van der Waals surface area contributed by atoms with Gasteiger partial charge in [-0.15, -0.1) is 0 Å². The lowest BCUT2D eigenvalue weighted by atomic mass is 10.3.